The lowest BCUT2D eigenvalue weighted by atomic mass is 9.98. The van der Waals surface area contributed by atoms with Crippen LogP contribution >= 0.6 is 0 Å². The van der Waals surface area contributed by atoms with Gasteiger partial charge in [-0.15, -0.1) is 0 Å². The van der Waals surface area contributed by atoms with Crippen molar-refractivity contribution in [2.24, 2.45) is 5.92 Å². The van der Waals surface area contributed by atoms with Crippen LogP contribution < -0.4 is 4.90 Å². The Hall–Kier alpha value is -2.48. The van der Waals surface area contributed by atoms with E-state index in [2.05, 4.69) is 31.3 Å². The van der Waals surface area contributed by atoms with Gasteiger partial charge in [-0.1, -0.05) is 0 Å². The highest BCUT2D eigenvalue weighted by molar-refractivity contribution is 5.80. The minimum atomic E-state index is -0.243. The number of imidazole rings is 1. The molecule has 2 saturated heterocycles. The second-order valence-corrected chi connectivity index (χ2v) is 6.62. The van der Waals surface area contributed by atoms with Crippen LogP contribution in [0.5, 0.6) is 0 Å². The third-order valence-corrected chi connectivity index (χ3v) is 5.18. The van der Waals surface area contributed by atoms with Crippen molar-refractivity contribution in [2.75, 3.05) is 37.7 Å². The second-order valence-electron chi connectivity index (χ2n) is 6.62. The summed E-state index contributed by atoms with van der Waals surface area (Å²) in [4.78, 5) is 30.2. The predicted octanol–water partition coefficient (Wildman–Crippen LogP) is 1.12. The van der Waals surface area contributed by atoms with Gasteiger partial charge in [0, 0.05) is 64.1 Å². The Balaban J connectivity index is 1.41. The second kappa shape index (κ2) is 7.41. The van der Waals surface area contributed by atoms with Gasteiger partial charge in [0.1, 0.15) is 11.9 Å². The molecular weight excluding hydrogens is 332 g/mol. The molecule has 4 rings (SSSR count). The van der Waals surface area contributed by atoms with Crippen molar-refractivity contribution in [1.29, 1.82) is 0 Å². The van der Waals surface area contributed by atoms with Crippen LogP contribution in [0.2, 0.25) is 0 Å². The van der Waals surface area contributed by atoms with Crippen LogP contribution in [0.3, 0.4) is 0 Å². The molecule has 0 saturated carbocycles. The summed E-state index contributed by atoms with van der Waals surface area (Å²) < 4.78 is 7.95. The SMILES string of the molecule is CCn1ccnc1[C@@H]1OCC[C@H]1C(=O)N1CCN(c2ncccn2)CC1. The van der Waals surface area contributed by atoms with Gasteiger partial charge in [-0.3, -0.25) is 4.79 Å². The highest BCUT2D eigenvalue weighted by atomic mass is 16.5. The molecule has 0 aliphatic carbocycles. The van der Waals surface area contributed by atoms with Crippen molar-refractivity contribution < 1.29 is 9.53 Å². The molecule has 8 heteroatoms. The van der Waals surface area contributed by atoms with E-state index in [1.165, 1.54) is 0 Å². The molecule has 2 atom stereocenters. The van der Waals surface area contributed by atoms with E-state index in [0.717, 1.165) is 37.8 Å². The van der Waals surface area contributed by atoms with Gasteiger partial charge >= 0.3 is 0 Å². The first-order chi connectivity index (χ1) is 12.8. The van der Waals surface area contributed by atoms with Crippen LogP contribution in [0.1, 0.15) is 25.3 Å². The van der Waals surface area contributed by atoms with Crippen LogP contribution in [0.4, 0.5) is 5.95 Å². The number of hydrogen-bond donors (Lipinski definition) is 0. The zero-order chi connectivity index (χ0) is 17.9. The summed E-state index contributed by atoms with van der Waals surface area (Å²) in [5, 5.41) is 0. The molecule has 0 unspecified atom stereocenters. The van der Waals surface area contributed by atoms with Gasteiger partial charge in [0.2, 0.25) is 11.9 Å². The zero-order valence-electron chi connectivity index (χ0n) is 15.0. The number of aryl methyl sites for hydroxylation is 1. The quantitative estimate of drug-likeness (QED) is 0.817. The van der Waals surface area contributed by atoms with Crippen molar-refractivity contribution in [3.05, 3.63) is 36.7 Å². The fourth-order valence-electron chi connectivity index (χ4n) is 3.76. The molecule has 0 N–H and O–H groups in total. The average Bonchev–Trinajstić information content (AvgIpc) is 3.37. The minimum Gasteiger partial charge on any atom is -0.369 e. The topological polar surface area (TPSA) is 76.4 Å². The van der Waals surface area contributed by atoms with E-state index in [-0.39, 0.29) is 17.9 Å². The van der Waals surface area contributed by atoms with Gasteiger partial charge in [-0.2, -0.15) is 0 Å². The molecule has 1 amide bonds. The number of hydrogen-bond acceptors (Lipinski definition) is 6. The fourth-order valence-corrected chi connectivity index (χ4v) is 3.76. The van der Waals surface area contributed by atoms with E-state index in [1.54, 1.807) is 18.6 Å². The summed E-state index contributed by atoms with van der Waals surface area (Å²) in [5.41, 5.74) is 0. The number of rotatable bonds is 4. The maximum Gasteiger partial charge on any atom is 0.228 e. The Kier molecular flexibility index (Phi) is 4.83. The number of carbonyl (C=O) groups excluding carboxylic acids is 1. The van der Waals surface area contributed by atoms with Gasteiger partial charge in [-0.05, 0) is 19.4 Å². The lowest BCUT2D eigenvalue weighted by Crippen LogP contribution is -2.51. The van der Waals surface area contributed by atoms with E-state index < -0.39 is 0 Å². The van der Waals surface area contributed by atoms with Crippen LogP contribution in [0.15, 0.2) is 30.9 Å². The van der Waals surface area contributed by atoms with Gasteiger partial charge in [0.05, 0.1) is 5.92 Å². The van der Waals surface area contributed by atoms with Crippen molar-refractivity contribution in [3.63, 3.8) is 0 Å². The number of nitrogens with zero attached hydrogens (tertiary/aromatic N) is 6. The third-order valence-electron chi connectivity index (χ3n) is 5.18. The summed E-state index contributed by atoms with van der Waals surface area (Å²) in [6.07, 6.45) is 7.72. The molecule has 2 aromatic rings. The summed E-state index contributed by atoms with van der Waals surface area (Å²) in [6, 6.07) is 1.81. The minimum absolute atomic E-state index is 0.151. The number of anilines is 1. The Morgan fingerprint density at radius 2 is 1.92 bits per heavy atom. The first-order valence-electron chi connectivity index (χ1n) is 9.21. The molecular formula is C18H24N6O2. The van der Waals surface area contributed by atoms with Crippen LogP contribution in [-0.4, -0.2) is 63.1 Å². The average molecular weight is 356 g/mol. The molecule has 26 heavy (non-hydrogen) atoms. The Morgan fingerprint density at radius 1 is 1.15 bits per heavy atom. The molecule has 8 nitrogen and oxygen atoms in total. The maximum atomic E-state index is 13.1. The summed E-state index contributed by atoms with van der Waals surface area (Å²) >= 11 is 0. The normalized spacial score (nSPS) is 23.4. The monoisotopic (exact) mass is 356 g/mol. The Labute approximate surface area is 152 Å². The lowest BCUT2D eigenvalue weighted by molar-refractivity contribution is -0.138. The fraction of sp³-hybridized carbons (Fsp3) is 0.556. The first kappa shape index (κ1) is 17.0. The van der Waals surface area contributed by atoms with E-state index in [4.69, 9.17) is 4.74 Å². The molecule has 2 aliphatic heterocycles. The van der Waals surface area contributed by atoms with E-state index in [9.17, 15) is 4.79 Å². The molecule has 0 aromatic carbocycles. The predicted molar refractivity (Wildman–Crippen MR) is 95.5 cm³/mol. The number of piperazine rings is 1. The molecule has 2 aromatic heterocycles. The largest absolute Gasteiger partial charge is 0.369 e. The van der Waals surface area contributed by atoms with Crippen LogP contribution in [0.25, 0.3) is 0 Å². The van der Waals surface area contributed by atoms with Crippen molar-refractivity contribution in [3.8, 4) is 0 Å². The Morgan fingerprint density at radius 3 is 2.65 bits per heavy atom. The summed E-state index contributed by atoms with van der Waals surface area (Å²) in [5.74, 6) is 1.61. The van der Waals surface area contributed by atoms with Crippen LogP contribution in [0, 0.1) is 5.92 Å². The van der Waals surface area contributed by atoms with Gasteiger partial charge in [0.25, 0.3) is 0 Å². The number of amides is 1. The van der Waals surface area contributed by atoms with E-state index >= 15 is 0 Å². The number of carbonyl (C=O) groups is 1. The number of ether oxygens (including phenoxy) is 1. The van der Waals surface area contributed by atoms with Crippen molar-refractivity contribution in [1.82, 2.24) is 24.4 Å². The molecule has 2 aliphatic rings. The molecule has 0 bridgehead atoms. The van der Waals surface area contributed by atoms with Crippen molar-refractivity contribution in [2.45, 2.75) is 26.0 Å². The maximum absolute atomic E-state index is 13.1. The molecule has 0 spiro atoms. The van der Waals surface area contributed by atoms with Gasteiger partial charge < -0.3 is 19.1 Å². The third kappa shape index (κ3) is 3.16. The lowest BCUT2D eigenvalue weighted by Gasteiger charge is -2.36. The van der Waals surface area contributed by atoms with Gasteiger partial charge in [0.15, 0.2) is 0 Å². The highest BCUT2D eigenvalue weighted by Crippen LogP contribution is 2.35. The highest BCUT2D eigenvalue weighted by Gasteiger charge is 2.40. The zero-order valence-corrected chi connectivity index (χ0v) is 15.0. The van der Waals surface area contributed by atoms with Gasteiger partial charge in [-0.25, -0.2) is 15.0 Å². The van der Waals surface area contributed by atoms with Crippen molar-refractivity contribution >= 4 is 11.9 Å². The molecule has 4 heterocycles. The number of aromatic nitrogens is 4. The summed E-state index contributed by atoms with van der Waals surface area (Å²) in [7, 11) is 0. The summed E-state index contributed by atoms with van der Waals surface area (Å²) in [6.45, 7) is 6.36. The molecule has 2 fully saturated rings. The Bertz CT molecular complexity index is 741. The van der Waals surface area contributed by atoms with Crippen LogP contribution in [-0.2, 0) is 16.1 Å². The van der Waals surface area contributed by atoms with E-state index in [1.807, 2.05) is 17.2 Å². The molecule has 0 radical (unpaired) electrons. The molecule has 138 valence electrons. The standard InChI is InChI=1S/C18H24N6O2/c1-2-22-8-7-19-16(22)15-14(4-13-26-15)17(25)23-9-11-24(12-10-23)18-20-5-3-6-21-18/h3,5-8,14-15H,2,4,9-13H2,1H3/t14-,15-/m1/s1. The smallest absolute Gasteiger partial charge is 0.228 e. The first-order valence-corrected chi connectivity index (χ1v) is 9.21. The van der Waals surface area contributed by atoms with E-state index in [0.29, 0.717) is 19.7 Å².